The predicted octanol–water partition coefficient (Wildman–Crippen LogP) is 0.0978. The standard InChI is InChI=1S/C10H15NO4S/c12-9(8-2-1-3-16-8)11-7-5-15-4-6(7)10(13)14/h6-8H,1-5H2,(H,11,12)(H,13,14). The highest BCUT2D eigenvalue weighted by Crippen LogP contribution is 2.26. The Labute approximate surface area is 97.9 Å². The van der Waals surface area contributed by atoms with E-state index in [1.54, 1.807) is 11.8 Å². The lowest BCUT2D eigenvalue weighted by atomic mass is 10.0. The van der Waals surface area contributed by atoms with Gasteiger partial charge in [0.15, 0.2) is 0 Å². The maximum absolute atomic E-state index is 11.8. The molecule has 16 heavy (non-hydrogen) atoms. The topological polar surface area (TPSA) is 75.6 Å². The van der Waals surface area contributed by atoms with Gasteiger partial charge in [-0.2, -0.15) is 0 Å². The minimum Gasteiger partial charge on any atom is -0.481 e. The lowest BCUT2D eigenvalue weighted by Gasteiger charge is -2.17. The monoisotopic (exact) mass is 245 g/mol. The Kier molecular flexibility index (Phi) is 3.70. The number of carbonyl (C=O) groups is 2. The summed E-state index contributed by atoms with van der Waals surface area (Å²) in [4.78, 5) is 22.7. The summed E-state index contributed by atoms with van der Waals surface area (Å²) in [5.74, 6) is -0.525. The summed E-state index contributed by atoms with van der Waals surface area (Å²) < 4.78 is 5.09. The van der Waals surface area contributed by atoms with Crippen molar-refractivity contribution in [1.82, 2.24) is 5.32 Å². The average molecular weight is 245 g/mol. The summed E-state index contributed by atoms with van der Waals surface area (Å²) in [5, 5.41) is 11.7. The van der Waals surface area contributed by atoms with E-state index >= 15 is 0 Å². The smallest absolute Gasteiger partial charge is 0.311 e. The third-order valence-corrected chi connectivity index (χ3v) is 4.32. The van der Waals surface area contributed by atoms with E-state index in [4.69, 9.17) is 9.84 Å². The molecule has 3 atom stereocenters. The summed E-state index contributed by atoms with van der Waals surface area (Å²) >= 11 is 1.64. The molecule has 2 aliphatic rings. The molecule has 0 saturated carbocycles. The molecule has 5 nitrogen and oxygen atoms in total. The Morgan fingerprint density at radius 1 is 1.38 bits per heavy atom. The van der Waals surface area contributed by atoms with Crippen LogP contribution in [0.1, 0.15) is 12.8 Å². The van der Waals surface area contributed by atoms with Crippen LogP contribution in [0.2, 0.25) is 0 Å². The van der Waals surface area contributed by atoms with Gasteiger partial charge in [0.25, 0.3) is 0 Å². The van der Waals surface area contributed by atoms with E-state index in [0.29, 0.717) is 6.61 Å². The maximum atomic E-state index is 11.8. The number of nitrogens with one attached hydrogen (secondary N) is 1. The molecule has 2 aliphatic heterocycles. The van der Waals surface area contributed by atoms with Gasteiger partial charge < -0.3 is 15.2 Å². The van der Waals surface area contributed by atoms with E-state index in [1.165, 1.54) is 0 Å². The molecular formula is C10H15NO4S. The molecule has 0 aromatic heterocycles. The molecule has 0 aromatic rings. The largest absolute Gasteiger partial charge is 0.481 e. The Morgan fingerprint density at radius 2 is 2.19 bits per heavy atom. The fourth-order valence-corrected chi connectivity index (χ4v) is 3.17. The van der Waals surface area contributed by atoms with Crippen molar-refractivity contribution in [1.29, 1.82) is 0 Å². The first kappa shape index (κ1) is 11.7. The van der Waals surface area contributed by atoms with Gasteiger partial charge in [-0.15, -0.1) is 11.8 Å². The molecular weight excluding hydrogens is 230 g/mol. The highest BCUT2D eigenvalue weighted by atomic mass is 32.2. The van der Waals surface area contributed by atoms with Crippen LogP contribution < -0.4 is 5.32 Å². The molecule has 2 N–H and O–H groups in total. The zero-order chi connectivity index (χ0) is 11.5. The second-order valence-electron chi connectivity index (χ2n) is 4.10. The molecule has 2 fully saturated rings. The number of carboxylic acids is 1. The van der Waals surface area contributed by atoms with E-state index in [2.05, 4.69) is 5.32 Å². The average Bonchev–Trinajstić information content (AvgIpc) is 2.86. The third-order valence-electron chi connectivity index (χ3n) is 2.95. The second kappa shape index (κ2) is 5.05. The molecule has 2 saturated heterocycles. The first-order valence-corrected chi connectivity index (χ1v) is 6.46. The lowest BCUT2D eigenvalue weighted by molar-refractivity contribution is -0.142. The summed E-state index contributed by atoms with van der Waals surface area (Å²) in [5.41, 5.74) is 0. The molecule has 2 heterocycles. The normalized spacial score (nSPS) is 33.9. The van der Waals surface area contributed by atoms with Crippen molar-refractivity contribution in [2.24, 2.45) is 5.92 Å². The zero-order valence-corrected chi connectivity index (χ0v) is 9.66. The minimum atomic E-state index is -0.901. The van der Waals surface area contributed by atoms with Gasteiger partial charge >= 0.3 is 5.97 Å². The van der Waals surface area contributed by atoms with Crippen LogP contribution in [-0.2, 0) is 14.3 Å². The Hall–Kier alpha value is -0.750. The Balaban J connectivity index is 1.88. The molecule has 2 rings (SSSR count). The molecule has 0 radical (unpaired) electrons. The number of ether oxygens (including phenoxy) is 1. The summed E-state index contributed by atoms with van der Waals surface area (Å²) in [7, 11) is 0. The molecule has 90 valence electrons. The second-order valence-corrected chi connectivity index (χ2v) is 5.41. The molecule has 0 bridgehead atoms. The predicted molar refractivity (Wildman–Crippen MR) is 59.4 cm³/mol. The molecule has 0 aromatic carbocycles. The van der Waals surface area contributed by atoms with E-state index in [0.717, 1.165) is 18.6 Å². The van der Waals surface area contributed by atoms with Gasteiger partial charge in [0.2, 0.25) is 5.91 Å². The van der Waals surface area contributed by atoms with Gasteiger partial charge in [-0.1, -0.05) is 0 Å². The maximum Gasteiger partial charge on any atom is 0.311 e. The SMILES string of the molecule is O=C(NC1COCC1C(=O)O)C1CCCS1. The fourth-order valence-electron chi connectivity index (χ4n) is 2.00. The van der Waals surface area contributed by atoms with Crippen LogP contribution in [0.4, 0.5) is 0 Å². The van der Waals surface area contributed by atoms with E-state index in [9.17, 15) is 9.59 Å². The molecule has 6 heteroatoms. The lowest BCUT2D eigenvalue weighted by Crippen LogP contribution is -2.45. The van der Waals surface area contributed by atoms with Gasteiger partial charge in [0.05, 0.1) is 24.5 Å². The van der Waals surface area contributed by atoms with Crippen LogP contribution in [-0.4, -0.2) is 47.2 Å². The van der Waals surface area contributed by atoms with Crippen molar-refractivity contribution in [3.8, 4) is 0 Å². The van der Waals surface area contributed by atoms with Crippen LogP contribution in [0.3, 0.4) is 0 Å². The molecule has 1 amide bonds. The van der Waals surface area contributed by atoms with Crippen molar-refractivity contribution in [2.75, 3.05) is 19.0 Å². The van der Waals surface area contributed by atoms with Gasteiger partial charge in [-0.3, -0.25) is 9.59 Å². The third kappa shape index (κ3) is 2.49. The minimum absolute atomic E-state index is 0.00459. The van der Waals surface area contributed by atoms with Crippen LogP contribution >= 0.6 is 11.8 Å². The molecule has 0 spiro atoms. The van der Waals surface area contributed by atoms with Crippen LogP contribution in [0, 0.1) is 5.92 Å². The van der Waals surface area contributed by atoms with Gasteiger partial charge in [-0.05, 0) is 18.6 Å². The number of carboxylic acid groups (broad SMARTS) is 1. The number of hydrogen-bond donors (Lipinski definition) is 2. The summed E-state index contributed by atoms with van der Waals surface area (Å²) in [6.45, 7) is 0.498. The van der Waals surface area contributed by atoms with Gasteiger partial charge in [0, 0.05) is 0 Å². The van der Waals surface area contributed by atoms with Crippen molar-refractivity contribution < 1.29 is 19.4 Å². The van der Waals surface area contributed by atoms with E-state index in [1.807, 2.05) is 0 Å². The van der Waals surface area contributed by atoms with Gasteiger partial charge in [-0.25, -0.2) is 0 Å². The number of hydrogen-bond acceptors (Lipinski definition) is 4. The zero-order valence-electron chi connectivity index (χ0n) is 8.85. The van der Waals surface area contributed by atoms with Crippen molar-refractivity contribution >= 4 is 23.6 Å². The highest BCUT2D eigenvalue weighted by Gasteiger charge is 2.36. The number of aliphatic carboxylic acids is 1. The quantitative estimate of drug-likeness (QED) is 0.737. The first-order chi connectivity index (χ1) is 7.68. The highest BCUT2D eigenvalue weighted by molar-refractivity contribution is 8.00. The fraction of sp³-hybridized carbons (Fsp3) is 0.800. The number of carbonyl (C=O) groups excluding carboxylic acids is 1. The number of amides is 1. The van der Waals surface area contributed by atoms with Gasteiger partial charge in [0.1, 0.15) is 5.92 Å². The molecule has 0 aliphatic carbocycles. The van der Waals surface area contributed by atoms with Crippen molar-refractivity contribution in [3.63, 3.8) is 0 Å². The van der Waals surface area contributed by atoms with Crippen LogP contribution in [0.5, 0.6) is 0 Å². The van der Waals surface area contributed by atoms with Crippen molar-refractivity contribution in [2.45, 2.75) is 24.1 Å². The number of rotatable bonds is 3. The summed E-state index contributed by atoms with van der Waals surface area (Å²) in [6.07, 6.45) is 1.95. The van der Waals surface area contributed by atoms with E-state index in [-0.39, 0.29) is 23.8 Å². The van der Waals surface area contributed by atoms with Crippen molar-refractivity contribution in [3.05, 3.63) is 0 Å². The Bertz CT molecular complexity index is 291. The summed E-state index contributed by atoms with van der Waals surface area (Å²) in [6, 6.07) is -0.369. The van der Waals surface area contributed by atoms with Crippen LogP contribution in [0.25, 0.3) is 0 Å². The van der Waals surface area contributed by atoms with E-state index < -0.39 is 11.9 Å². The van der Waals surface area contributed by atoms with Crippen LogP contribution in [0.15, 0.2) is 0 Å². The number of thioether (sulfide) groups is 1. The first-order valence-electron chi connectivity index (χ1n) is 5.41. The molecule has 3 unspecified atom stereocenters. The Morgan fingerprint density at radius 3 is 2.81 bits per heavy atom.